The SMILES string of the molecule is Cl.Nc1nc(CCCc2cn(CC=Cc3ccccc3)nn2)c[nH]1. The Kier molecular flexibility index (Phi) is 6.57. The molecule has 0 bridgehead atoms. The van der Waals surface area contributed by atoms with E-state index in [1.165, 1.54) is 5.56 Å². The van der Waals surface area contributed by atoms with Crippen molar-refractivity contribution in [1.82, 2.24) is 25.0 Å². The lowest BCUT2D eigenvalue weighted by atomic mass is 10.2. The van der Waals surface area contributed by atoms with Crippen LogP contribution in [-0.4, -0.2) is 25.0 Å². The molecular weight excluding hydrogens is 324 g/mol. The molecule has 0 spiro atoms. The number of aromatic amines is 1. The van der Waals surface area contributed by atoms with E-state index in [2.05, 4.69) is 44.6 Å². The number of nitrogens with two attached hydrogens (primary N) is 1. The van der Waals surface area contributed by atoms with E-state index < -0.39 is 0 Å². The predicted octanol–water partition coefficient (Wildman–Crippen LogP) is 2.89. The second-order valence-corrected chi connectivity index (χ2v) is 5.38. The van der Waals surface area contributed by atoms with E-state index >= 15 is 0 Å². The van der Waals surface area contributed by atoms with Crippen molar-refractivity contribution < 1.29 is 0 Å². The number of H-pyrrole nitrogens is 1. The summed E-state index contributed by atoms with van der Waals surface area (Å²) in [5, 5.41) is 8.36. The van der Waals surface area contributed by atoms with Crippen LogP contribution in [0.4, 0.5) is 5.95 Å². The van der Waals surface area contributed by atoms with E-state index in [1.807, 2.05) is 35.3 Å². The molecule has 0 atom stereocenters. The number of halogens is 1. The molecule has 0 aliphatic heterocycles. The summed E-state index contributed by atoms with van der Waals surface area (Å²) in [6, 6.07) is 10.2. The maximum atomic E-state index is 5.55. The third-order valence-electron chi connectivity index (χ3n) is 3.50. The lowest BCUT2D eigenvalue weighted by Gasteiger charge is -1.95. The van der Waals surface area contributed by atoms with Crippen molar-refractivity contribution in [3.05, 3.63) is 65.8 Å². The van der Waals surface area contributed by atoms with Crippen molar-refractivity contribution in [1.29, 1.82) is 0 Å². The van der Waals surface area contributed by atoms with Crippen molar-refractivity contribution in [2.75, 3.05) is 5.73 Å². The standard InChI is InChI=1S/C17H20N6.ClH/c18-17-19-12-15(20-17)9-4-10-16-13-23(22-21-16)11-5-8-14-6-2-1-3-7-14;/h1-3,5-8,12-13H,4,9-11H2,(H3,18,19,20);1H. The fourth-order valence-electron chi connectivity index (χ4n) is 2.36. The maximum Gasteiger partial charge on any atom is 0.197 e. The number of imidazole rings is 1. The highest BCUT2D eigenvalue weighted by molar-refractivity contribution is 5.85. The van der Waals surface area contributed by atoms with Crippen LogP contribution >= 0.6 is 12.4 Å². The first kappa shape index (κ1) is 17.7. The highest BCUT2D eigenvalue weighted by atomic mass is 35.5. The van der Waals surface area contributed by atoms with Crippen molar-refractivity contribution >= 4 is 24.4 Å². The Morgan fingerprint density at radius 1 is 1.12 bits per heavy atom. The summed E-state index contributed by atoms with van der Waals surface area (Å²) in [6.07, 6.45) is 10.8. The molecule has 0 amide bonds. The molecule has 0 fully saturated rings. The minimum absolute atomic E-state index is 0. The van der Waals surface area contributed by atoms with E-state index in [1.54, 1.807) is 0 Å². The largest absolute Gasteiger partial charge is 0.369 e. The van der Waals surface area contributed by atoms with Gasteiger partial charge in [0, 0.05) is 12.4 Å². The summed E-state index contributed by atoms with van der Waals surface area (Å²) in [7, 11) is 0. The van der Waals surface area contributed by atoms with Gasteiger partial charge in [0.05, 0.1) is 17.9 Å². The van der Waals surface area contributed by atoms with E-state index in [0.717, 1.165) is 37.2 Å². The Bertz CT molecular complexity index is 762. The van der Waals surface area contributed by atoms with Gasteiger partial charge in [0.25, 0.3) is 0 Å². The monoisotopic (exact) mass is 344 g/mol. The number of aryl methyl sites for hydroxylation is 2. The fraction of sp³-hybridized carbons (Fsp3) is 0.235. The maximum absolute atomic E-state index is 5.55. The number of nitrogens with one attached hydrogen (secondary N) is 1. The highest BCUT2D eigenvalue weighted by Gasteiger charge is 2.02. The third kappa shape index (κ3) is 5.24. The molecule has 3 N–H and O–H groups in total. The first-order valence-corrected chi connectivity index (χ1v) is 7.70. The van der Waals surface area contributed by atoms with Crippen LogP contribution in [0, 0.1) is 0 Å². The zero-order valence-corrected chi connectivity index (χ0v) is 14.1. The summed E-state index contributed by atoms with van der Waals surface area (Å²) in [6.45, 7) is 0.720. The number of benzene rings is 1. The number of aromatic nitrogens is 5. The number of rotatable bonds is 7. The van der Waals surface area contributed by atoms with Crippen LogP contribution in [-0.2, 0) is 19.4 Å². The zero-order chi connectivity index (χ0) is 15.9. The second-order valence-electron chi connectivity index (χ2n) is 5.38. The molecule has 0 unspecified atom stereocenters. The predicted molar refractivity (Wildman–Crippen MR) is 97.8 cm³/mol. The topological polar surface area (TPSA) is 85.4 Å². The van der Waals surface area contributed by atoms with Crippen molar-refractivity contribution in [2.45, 2.75) is 25.8 Å². The summed E-state index contributed by atoms with van der Waals surface area (Å²) in [4.78, 5) is 7.07. The molecule has 6 nitrogen and oxygen atoms in total. The molecule has 0 radical (unpaired) electrons. The molecule has 0 aliphatic carbocycles. The second kappa shape index (κ2) is 8.88. The number of allylic oxidation sites excluding steroid dienone is 1. The van der Waals surface area contributed by atoms with Crippen molar-refractivity contribution in [3.63, 3.8) is 0 Å². The van der Waals surface area contributed by atoms with Gasteiger partial charge in [0.2, 0.25) is 0 Å². The van der Waals surface area contributed by atoms with Crippen LogP contribution < -0.4 is 5.73 Å². The van der Waals surface area contributed by atoms with Crippen LogP contribution in [0.15, 0.2) is 48.8 Å². The lowest BCUT2D eigenvalue weighted by molar-refractivity contribution is 0.662. The normalized spacial score (nSPS) is 10.8. The quantitative estimate of drug-likeness (QED) is 0.690. The molecule has 2 heterocycles. The van der Waals surface area contributed by atoms with Gasteiger partial charge < -0.3 is 10.7 Å². The van der Waals surface area contributed by atoms with Gasteiger partial charge in [0.1, 0.15) is 0 Å². The molecule has 2 aromatic heterocycles. The summed E-state index contributed by atoms with van der Waals surface area (Å²) < 4.78 is 1.85. The van der Waals surface area contributed by atoms with Crippen LogP contribution in [0.3, 0.4) is 0 Å². The summed E-state index contributed by atoms with van der Waals surface area (Å²) in [5.74, 6) is 0.469. The van der Waals surface area contributed by atoms with E-state index in [4.69, 9.17) is 5.73 Å². The van der Waals surface area contributed by atoms with E-state index in [9.17, 15) is 0 Å². The molecule has 126 valence electrons. The van der Waals surface area contributed by atoms with E-state index in [0.29, 0.717) is 5.95 Å². The van der Waals surface area contributed by atoms with Crippen molar-refractivity contribution in [2.24, 2.45) is 0 Å². The average molecular weight is 345 g/mol. The Hall–Kier alpha value is -2.60. The van der Waals surface area contributed by atoms with E-state index in [-0.39, 0.29) is 12.4 Å². The molecule has 0 aliphatic rings. The highest BCUT2D eigenvalue weighted by Crippen LogP contribution is 2.06. The first-order valence-electron chi connectivity index (χ1n) is 7.70. The summed E-state index contributed by atoms with van der Waals surface area (Å²) in [5.41, 5.74) is 8.73. The van der Waals surface area contributed by atoms with Crippen LogP contribution in [0.5, 0.6) is 0 Å². The molecule has 1 aromatic carbocycles. The van der Waals surface area contributed by atoms with Crippen LogP contribution in [0.1, 0.15) is 23.4 Å². The van der Waals surface area contributed by atoms with Gasteiger partial charge in [-0.05, 0) is 24.8 Å². The molecule has 24 heavy (non-hydrogen) atoms. The van der Waals surface area contributed by atoms with Crippen molar-refractivity contribution in [3.8, 4) is 0 Å². The Morgan fingerprint density at radius 3 is 2.67 bits per heavy atom. The van der Waals surface area contributed by atoms with Gasteiger partial charge in [0.15, 0.2) is 5.95 Å². The zero-order valence-electron chi connectivity index (χ0n) is 13.3. The molecular formula is C17H21ClN6. The number of anilines is 1. The van der Waals surface area contributed by atoms with Gasteiger partial charge in [-0.25, -0.2) is 9.67 Å². The number of nitrogen functional groups attached to an aromatic ring is 1. The van der Waals surface area contributed by atoms with Gasteiger partial charge >= 0.3 is 0 Å². The summed E-state index contributed by atoms with van der Waals surface area (Å²) >= 11 is 0. The van der Waals surface area contributed by atoms with Crippen LogP contribution in [0.25, 0.3) is 6.08 Å². The number of nitrogens with zero attached hydrogens (tertiary/aromatic N) is 4. The Balaban J connectivity index is 0.00000208. The first-order chi connectivity index (χ1) is 11.3. The molecule has 0 saturated carbocycles. The molecule has 3 rings (SSSR count). The number of hydrogen-bond acceptors (Lipinski definition) is 4. The molecule has 7 heteroatoms. The Morgan fingerprint density at radius 2 is 1.92 bits per heavy atom. The fourth-order valence-corrected chi connectivity index (χ4v) is 2.36. The third-order valence-corrected chi connectivity index (χ3v) is 3.50. The average Bonchev–Trinajstić information content (AvgIpc) is 3.18. The van der Waals surface area contributed by atoms with Gasteiger partial charge in [-0.1, -0.05) is 47.7 Å². The Labute approximate surface area is 147 Å². The minimum Gasteiger partial charge on any atom is -0.369 e. The number of hydrogen-bond donors (Lipinski definition) is 2. The smallest absolute Gasteiger partial charge is 0.197 e. The molecule has 0 saturated heterocycles. The lowest BCUT2D eigenvalue weighted by Crippen LogP contribution is -1.95. The van der Waals surface area contributed by atoms with Gasteiger partial charge in [-0.2, -0.15) is 0 Å². The minimum atomic E-state index is 0. The van der Waals surface area contributed by atoms with Gasteiger partial charge in [-0.15, -0.1) is 17.5 Å². The molecule has 3 aromatic rings. The van der Waals surface area contributed by atoms with Gasteiger partial charge in [-0.3, -0.25) is 0 Å². The van der Waals surface area contributed by atoms with Crippen LogP contribution in [0.2, 0.25) is 0 Å².